The van der Waals surface area contributed by atoms with Gasteiger partial charge in [-0.3, -0.25) is 0 Å². The summed E-state index contributed by atoms with van der Waals surface area (Å²) in [6, 6.07) is -0.506. The van der Waals surface area contributed by atoms with Crippen LogP contribution in [0.5, 0.6) is 0 Å². The molecule has 0 aliphatic carbocycles. The van der Waals surface area contributed by atoms with Gasteiger partial charge in [0.25, 0.3) is 0 Å². The minimum absolute atomic E-state index is 0.465. The lowest BCUT2D eigenvalue weighted by Gasteiger charge is -2.26. The van der Waals surface area contributed by atoms with Crippen molar-refractivity contribution in [1.82, 2.24) is 5.32 Å². The molecule has 0 amide bonds. The zero-order chi connectivity index (χ0) is 13.2. The Kier molecular flexibility index (Phi) is 4.03. The molecule has 17 heavy (non-hydrogen) atoms. The van der Waals surface area contributed by atoms with Gasteiger partial charge in [0.05, 0.1) is 0 Å². The molecule has 1 aromatic rings. The van der Waals surface area contributed by atoms with Crippen molar-refractivity contribution in [2.24, 2.45) is 0 Å². The fraction of sp³-hybridized carbons (Fsp3) is 0.400. The summed E-state index contributed by atoms with van der Waals surface area (Å²) < 4.78 is 76.6. The van der Waals surface area contributed by atoms with Gasteiger partial charge in [-0.15, -0.1) is 0 Å². The van der Waals surface area contributed by atoms with E-state index in [0.29, 0.717) is 18.2 Å². The summed E-state index contributed by atoms with van der Waals surface area (Å²) in [5.74, 6) is -6.65. The molecule has 1 rings (SSSR count). The highest BCUT2D eigenvalue weighted by Gasteiger charge is 2.49. The van der Waals surface area contributed by atoms with Crippen molar-refractivity contribution < 1.29 is 26.3 Å². The smallest absolute Gasteiger partial charge is 0.308 e. The minimum Gasteiger partial charge on any atom is -0.308 e. The molecule has 0 radical (unpaired) electrons. The molecule has 96 valence electrons. The van der Waals surface area contributed by atoms with E-state index in [0.717, 1.165) is 7.05 Å². The lowest BCUT2D eigenvalue weighted by atomic mass is 10.00. The molecule has 0 heterocycles. The molecule has 1 N–H and O–H groups in total. The summed E-state index contributed by atoms with van der Waals surface area (Å²) in [6.45, 7) is 0. The normalized spacial score (nSPS) is 14.1. The highest BCUT2D eigenvalue weighted by atomic mass is 19.3. The minimum atomic E-state index is -4.50. The fourth-order valence-corrected chi connectivity index (χ4v) is 1.42. The molecular formula is C10H9F6N. The van der Waals surface area contributed by atoms with E-state index in [9.17, 15) is 26.3 Å². The van der Waals surface area contributed by atoms with E-state index in [-0.39, 0.29) is 0 Å². The van der Waals surface area contributed by atoms with Gasteiger partial charge in [-0.1, -0.05) is 0 Å². The molecular weight excluding hydrogens is 248 g/mol. The van der Waals surface area contributed by atoms with Crippen LogP contribution in [0, 0.1) is 11.6 Å². The number of halogens is 6. The summed E-state index contributed by atoms with van der Waals surface area (Å²) in [5, 5.41) is 1.87. The van der Waals surface area contributed by atoms with Crippen molar-refractivity contribution >= 4 is 0 Å². The second-order valence-corrected chi connectivity index (χ2v) is 3.36. The van der Waals surface area contributed by atoms with Gasteiger partial charge in [0.15, 0.2) is 0 Å². The summed E-state index contributed by atoms with van der Waals surface area (Å²) in [7, 11) is 0.964. The second-order valence-electron chi connectivity index (χ2n) is 3.36. The number of alkyl halides is 4. The third-order valence-corrected chi connectivity index (χ3v) is 2.23. The first-order valence-corrected chi connectivity index (χ1v) is 4.59. The lowest BCUT2D eigenvalue weighted by Crippen LogP contribution is -2.41. The summed E-state index contributed by atoms with van der Waals surface area (Å²) in [6.07, 6.45) is -3.98. The maximum atomic E-state index is 13.2. The fourth-order valence-electron chi connectivity index (χ4n) is 1.42. The zero-order valence-electron chi connectivity index (χ0n) is 8.65. The number of hydrogen-bond donors (Lipinski definition) is 1. The van der Waals surface area contributed by atoms with Gasteiger partial charge in [-0.05, 0) is 25.2 Å². The first-order chi connectivity index (χ1) is 7.80. The molecule has 0 saturated carbocycles. The van der Waals surface area contributed by atoms with E-state index in [2.05, 4.69) is 0 Å². The first kappa shape index (κ1) is 13.8. The van der Waals surface area contributed by atoms with Crippen molar-refractivity contribution in [3.8, 4) is 0 Å². The van der Waals surface area contributed by atoms with Crippen LogP contribution >= 0.6 is 0 Å². The van der Waals surface area contributed by atoms with Crippen LogP contribution in [0.2, 0.25) is 0 Å². The number of rotatable bonds is 4. The van der Waals surface area contributed by atoms with Crippen LogP contribution in [0.1, 0.15) is 11.6 Å². The van der Waals surface area contributed by atoms with E-state index in [1.807, 2.05) is 5.32 Å². The molecule has 0 aliphatic rings. The molecule has 0 fully saturated rings. The maximum absolute atomic E-state index is 13.2. The van der Waals surface area contributed by atoms with Crippen LogP contribution in [0.4, 0.5) is 26.3 Å². The summed E-state index contributed by atoms with van der Waals surface area (Å²) >= 11 is 0. The molecule has 0 spiro atoms. The molecule has 1 aromatic carbocycles. The molecule has 1 nitrogen and oxygen atoms in total. The molecule has 7 heteroatoms. The Hall–Kier alpha value is -1.24. The predicted molar refractivity (Wildman–Crippen MR) is 49.1 cm³/mol. The zero-order valence-corrected chi connectivity index (χ0v) is 8.65. The van der Waals surface area contributed by atoms with Gasteiger partial charge in [0.1, 0.15) is 17.7 Å². The Balaban J connectivity index is 3.22. The van der Waals surface area contributed by atoms with Crippen LogP contribution in [0.15, 0.2) is 18.2 Å². The monoisotopic (exact) mass is 257 g/mol. The Labute approximate surface area is 93.4 Å². The van der Waals surface area contributed by atoms with Gasteiger partial charge >= 0.3 is 12.3 Å². The number of hydrogen-bond acceptors (Lipinski definition) is 1. The van der Waals surface area contributed by atoms with E-state index >= 15 is 0 Å². The summed E-state index contributed by atoms with van der Waals surface area (Å²) in [5.41, 5.74) is -0.835. The highest BCUT2D eigenvalue weighted by Crippen LogP contribution is 2.37. The van der Waals surface area contributed by atoms with Crippen LogP contribution in [0.25, 0.3) is 0 Å². The largest absolute Gasteiger partial charge is 0.326 e. The quantitative estimate of drug-likeness (QED) is 0.817. The van der Waals surface area contributed by atoms with Gasteiger partial charge in [0.2, 0.25) is 0 Å². The Bertz CT molecular complexity index is 392. The molecule has 0 saturated heterocycles. The van der Waals surface area contributed by atoms with Crippen molar-refractivity contribution in [3.05, 3.63) is 35.4 Å². The third-order valence-electron chi connectivity index (χ3n) is 2.23. The lowest BCUT2D eigenvalue weighted by molar-refractivity contribution is -0.151. The number of nitrogens with one attached hydrogen (secondary N) is 1. The van der Waals surface area contributed by atoms with Crippen molar-refractivity contribution in [2.45, 2.75) is 18.4 Å². The number of benzene rings is 1. The Morgan fingerprint density at radius 2 is 1.76 bits per heavy atom. The third kappa shape index (κ3) is 2.71. The Morgan fingerprint density at radius 1 is 1.18 bits per heavy atom. The first-order valence-electron chi connectivity index (χ1n) is 4.59. The van der Waals surface area contributed by atoms with Crippen LogP contribution < -0.4 is 5.32 Å². The second kappa shape index (κ2) is 4.95. The topological polar surface area (TPSA) is 12.0 Å². The van der Waals surface area contributed by atoms with E-state index in [1.54, 1.807) is 0 Å². The molecule has 0 bridgehead atoms. The summed E-state index contributed by atoms with van der Waals surface area (Å²) in [4.78, 5) is 0. The predicted octanol–water partition coefficient (Wildman–Crippen LogP) is 3.13. The van der Waals surface area contributed by atoms with Crippen LogP contribution in [0.3, 0.4) is 0 Å². The molecule has 1 atom stereocenters. The molecule has 1 unspecified atom stereocenters. The van der Waals surface area contributed by atoms with Gasteiger partial charge in [-0.2, -0.15) is 8.78 Å². The van der Waals surface area contributed by atoms with Gasteiger partial charge in [0, 0.05) is 5.56 Å². The van der Waals surface area contributed by atoms with Gasteiger partial charge in [-0.25, -0.2) is 17.6 Å². The van der Waals surface area contributed by atoms with E-state index < -0.39 is 35.6 Å². The van der Waals surface area contributed by atoms with Crippen molar-refractivity contribution in [3.63, 3.8) is 0 Å². The van der Waals surface area contributed by atoms with Crippen molar-refractivity contribution in [1.29, 1.82) is 0 Å². The van der Waals surface area contributed by atoms with Crippen molar-refractivity contribution in [2.75, 3.05) is 7.05 Å². The standard InChI is InChI=1S/C10H9F6N/c1-17-8(10(15,16)9(13)14)6-4-5(11)2-3-7(6)12/h2-4,8-9,17H,1H3. The van der Waals surface area contributed by atoms with Crippen LogP contribution in [-0.4, -0.2) is 19.4 Å². The molecule has 0 aromatic heterocycles. The average Bonchev–Trinajstić information content (AvgIpc) is 2.23. The van der Waals surface area contributed by atoms with E-state index in [1.165, 1.54) is 0 Å². The SMILES string of the molecule is CNC(c1cc(F)ccc1F)C(F)(F)C(F)F. The maximum Gasteiger partial charge on any atom is 0.326 e. The highest BCUT2D eigenvalue weighted by molar-refractivity contribution is 5.24. The van der Waals surface area contributed by atoms with E-state index in [4.69, 9.17) is 0 Å². The molecule has 0 aliphatic heterocycles. The van der Waals surface area contributed by atoms with Crippen LogP contribution in [-0.2, 0) is 0 Å². The Morgan fingerprint density at radius 3 is 2.24 bits per heavy atom. The average molecular weight is 257 g/mol. The van der Waals surface area contributed by atoms with Gasteiger partial charge < -0.3 is 5.32 Å².